The lowest BCUT2D eigenvalue weighted by Gasteiger charge is -2.10. The van der Waals surface area contributed by atoms with Gasteiger partial charge in [0.05, 0.1) is 5.56 Å². The van der Waals surface area contributed by atoms with E-state index in [4.69, 9.17) is 4.74 Å². The van der Waals surface area contributed by atoms with Crippen LogP contribution in [-0.4, -0.2) is 11.7 Å². The Hall–Kier alpha value is -2.62. The highest BCUT2D eigenvalue weighted by molar-refractivity contribution is 5.96. The molecule has 0 fully saturated rings. The van der Waals surface area contributed by atoms with Gasteiger partial charge in [-0.25, -0.2) is 0 Å². The van der Waals surface area contributed by atoms with Crippen LogP contribution >= 0.6 is 0 Å². The van der Waals surface area contributed by atoms with E-state index >= 15 is 0 Å². The Bertz CT molecular complexity index is 647. The second kappa shape index (κ2) is 6.70. The third-order valence-electron chi connectivity index (χ3n) is 2.93. The SMILES string of the molecule is CC(=O)Nc1ccc(COc2ccccc2C(C)=O)cc1. The lowest BCUT2D eigenvalue weighted by Crippen LogP contribution is -2.06. The molecular weight excluding hydrogens is 266 g/mol. The Kier molecular flexibility index (Phi) is 4.72. The van der Waals surface area contributed by atoms with Crippen molar-refractivity contribution in [2.75, 3.05) is 5.32 Å². The molecule has 108 valence electrons. The maximum absolute atomic E-state index is 11.5. The molecule has 0 aliphatic heterocycles. The van der Waals surface area contributed by atoms with Gasteiger partial charge in [0.2, 0.25) is 5.91 Å². The van der Waals surface area contributed by atoms with E-state index in [9.17, 15) is 9.59 Å². The zero-order chi connectivity index (χ0) is 15.2. The number of anilines is 1. The highest BCUT2D eigenvalue weighted by atomic mass is 16.5. The first-order valence-corrected chi connectivity index (χ1v) is 6.65. The summed E-state index contributed by atoms with van der Waals surface area (Å²) in [7, 11) is 0. The summed E-state index contributed by atoms with van der Waals surface area (Å²) in [5.41, 5.74) is 2.28. The van der Waals surface area contributed by atoms with Crippen molar-refractivity contribution in [3.63, 3.8) is 0 Å². The second-order valence-corrected chi connectivity index (χ2v) is 4.72. The first-order valence-electron chi connectivity index (χ1n) is 6.65. The first kappa shape index (κ1) is 14.8. The molecule has 0 bridgehead atoms. The molecule has 0 atom stereocenters. The van der Waals surface area contributed by atoms with Crippen LogP contribution in [0.1, 0.15) is 29.8 Å². The summed E-state index contributed by atoms with van der Waals surface area (Å²) >= 11 is 0. The lowest BCUT2D eigenvalue weighted by atomic mass is 10.1. The molecule has 2 aromatic carbocycles. The van der Waals surface area contributed by atoms with Crippen LogP contribution in [0.2, 0.25) is 0 Å². The molecule has 1 amide bonds. The number of rotatable bonds is 5. The van der Waals surface area contributed by atoms with Gasteiger partial charge in [-0.2, -0.15) is 0 Å². The third kappa shape index (κ3) is 4.18. The molecule has 0 radical (unpaired) electrons. The molecule has 0 saturated heterocycles. The minimum Gasteiger partial charge on any atom is -0.488 e. The normalized spacial score (nSPS) is 10.0. The van der Waals surface area contributed by atoms with E-state index in [1.54, 1.807) is 12.1 Å². The summed E-state index contributed by atoms with van der Waals surface area (Å²) in [5, 5.41) is 2.71. The fraction of sp³-hybridized carbons (Fsp3) is 0.176. The summed E-state index contributed by atoms with van der Waals surface area (Å²) in [4.78, 5) is 22.4. The fourth-order valence-corrected chi connectivity index (χ4v) is 1.93. The van der Waals surface area contributed by atoms with Crippen molar-refractivity contribution in [3.8, 4) is 5.75 Å². The minimum absolute atomic E-state index is 0.0217. The van der Waals surface area contributed by atoms with Crippen molar-refractivity contribution in [2.24, 2.45) is 0 Å². The van der Waals surface area contributed by atoms with Crippen LogP contribution in [0.5, 0.6) is 5.75 Å². The number of hydrogen-bond donors (Lipinski definition) is 1. The van der Waals surface area contributed by atoms with Crippen LogP contribution in [0, 0.1) is 0 Å². The minimum atomic E-state index is -0.102. The summed E-state index contributed by atoms with van der Waals surface area (Å²) in [6.07, 6.45) is 0. The van der Waals surface area contributed by atoms with Gasteiger partial charge in [-0.3, -0.25) is 9.59 Å². The number of para-hydroxylation sites is 1. The largest absolute Gasteiger partial charge is 0.488 e. The van der Waals surface area contributed by atoms with E-state index in [1.165, 1.54) is 13.8 Å². The summed E-state index contributed by atoms with van der Waals surface area (Å²) in [5.74, 6) is 0.455. The number of ether oxygens (including phenoxy) is 1. The zero-order valence-electron chi connectivity index (χ0n) is 12.1. The standard InChI is InChI=1S/C17H17NO3/c1-12(19)16-5-3-4-6-17(16)21-11-14-7-9-15(10-8-14)18-13(2)20/h3-10H,11H2,1-2H3,(H,18,20). The Balaban J connectivity index is 2.03. The number of nitrogens with one attached hydrogen (secondary N) is 1. The molecule has 0 saturated carbocycles. The number of carbonyl (C=O) groups excluding carboxylic acids is 2. The second-order valence-electron chi connectivity index (χ2n) is 4.72. The van der Waals surface area contributed by atoms with Crippen LogP contribution in [0.15, 0.2) is 48.5 Å². The summed E-state index contributed by atoms with van der Waals surface area (Å²) in [6, 6.07) is 14.6. The molecule has 4 nitrogen and oxygen atoms in total. The molecule has 1 N–H and O–H groups in total. The van der Waals surface area contributed by atoms with Crippen LogP contribution in [-0.2, 0) is 11.4 Å². The molecule has 2 aromatic rings. The van der Waals surface area contributed by atoms with Gasteiger partial charge >= 0.3 is 0 Å². The van der Waals surface area contributed by atoms with E-state index < -0.39 is 0 Å². The van der Waals surface area contributed by atoms with Gasteiger partial charge in [0.25, 0.3) is 0 Å². The van der Waals surface area contributed by atoms with Crippen molar-refractivity contribution in [1.29, 1.82) is 0 Å². The number of hydrogen-bond acceptors (Lipinski definition) is 3. The Morgan fingerprint density at radius 3 is 2.29 bits per heavy atom. The van der Waals surface area contributed by atoms with Crippen molar-refractivity contribution < 1.29 is 14.3 Å². The van der Waals surface area contributed by atoms with Gasteiger partial charge in [-0.05, 0) is 36.8 Å². The predicted molar refractivity (Wildman–Crippen MR) is 81.5 cm³/mol. The van der Waals surface area contributed by atoms with E-state index in [1.807, 2.05) is 36.4 Å². The van der Waals surface area contributed by atoms with E-state index in [-0.39, 0.29) is 11.7 Å². The number of benzene rings is 2. The third-order valence-corrected chi connectivity index (χ3v) is 2.93. The maximum Gasteiger partial charge on any atom is 0.221 e. The van der Waals surface area contributed by atoms with Crippen LogP contribution in [0.3, 0.4) is 0 Å². The van der Waals surface area contributed by atoms with Crippen molar-refractivity contribution in [1.82, 2.24) is 0 Å². The van der Waals surface area contributed by atoms with Crippen molar-refractivity contribution in [2.45, 2.75) is 20.5 Å². The topological polar surface area (TPSA) is 55.4 Å². The number of amides is 1. The van der Waals surface area contributed by atoms with Gasteiger partial charge in [0, 0.05) is 12.6 Å². The molecule has 0 aliphatic rings. The monoisotopic (exact) mass is 283 g/mol. The molecule has 0 unspecified atom stereocenters. The number of carbonyl (C=O) groups is 2. The quantitative estimate of drug-likeness (QED) is 0.855. The molecule has 21 heavy (non-hydrogen) atoms. The Morgan fingerprint density at radius 1 is 1.00 bits per heavy atom. The van der Waals surface area contributed by atoms with Gasteiger partial charge in [-0.15, -0.1) is 0 Å². The molecule has 0 spiro atoms. The predicted octanol–water partition coefficient (Wildman–Crippen LogP) is 3.43. The molecule has 4 heteroatoms. The first-order chi connectivity index (χ1) is 10.1. The van der Waals surface area contributed by atoms with Gasteiger partial charge < -0.3 is 10.1 Å². The maximum atomic E-state index is 11.5. The van der Waals surface area contributed by atoms with Crippen LogP contribution < -0.4 is 10.1 Å². The summed E-state index contributed by atoms with van der Waals surface area (Å²) in [6.45, 7) is 3.35. The molecule has 0 aliphatic carbocycles. The van der Waals surface area contributed by atoms with E-state index in [0.717, 1.165) is 11.3 Å². The zero-order valence-corrected chi connectivity index (χ0v) is 12.1. The molecule has 0 aromatic heterocycles. The van der Waals surface area contributed by atoms with Crippen molar-refractivity contribution >= 4 is 17.4 Å². The number of ketones is 1. The molecular formula is C17H17NO3. The Labute approximate surface area is 123 Å². The molecule has 2 rings (SSSR count). The highest BCUT2D eigenvalue weighted by Gasteiger charge is 2.07. The Morgan fingerprint density at radius 2 is 1.67 bits per heavy atom. The number of Topliss-reactive ketones (excluding diaryl/α,β-unsaturated/α-hetero) is 1. The summed E-state index contributed by atoms with van der Waals surface area (Å²) < 4.78 is 5.70. The van der Waals surface area contributed by atoms with Gasteiger partial charge in [0.15, 0.2) is 5.78 Å². The smallest absolute Gasteiger partial charge is 0.221 e. The fourth-order valence-electron chi connectivity index (χ4n) is 1.93. The lowest BCUT2D eigenvalue weighted by molar-refractivity contribution is -0.114. The van der Waals surface area contributed by atoms with E-state index in [2.05, 4.69) is 5.32 Å². The van der Waals surface area contributed by atoms with E-state index in [0.29, 0.717) is 17.9 Å². The highest BCUT2D eigenvalue weighted by Crippen LogP contribution is 2.20. The van der Waals surface area contributed by atoms with Gasteiger partial charge in [0.1, 0.15) is 12.4 Å². The average molecular weight is 283 g/mol. The van der Waals surface area contributed by atoms with Gasteiger partial charge in [-0.1, -0.05) is 24.3 Å². The van der Waals surface area contributed by atoms with Crippen LogP contribution in [0.4, 0.5) is 5.69 Å². The average Bonchev–Trinajstić information content (AvgIpc) is 2.46. The molecule has 0 heterocycles. The van der Waals surface area contributed by atoms with Crippen molar-refractivity contribution in [3.05, 3.63) is 59.7 Å². The van der Waals surface area contributed by atoms with Crippen LogP contribution in [0.25, 0.3) is 0 Å².